The van der Waals surface area contributed by atoms with Gasteiger partial charge in [-0.2, -0.15) is 13.2 Å². The smallest absolute Gasteiger partial charge is 0.230 e. The summed E-state index contributed by atoms with van der Waals surface area (Å²) in [5.41, 5.74) is -1.03. The molecule has 0 radical (unpaired) electrons. The van der Waals surface area contributed by atoms with Gasteiger partial charge in [-0.1, -0.05) is 11.6 Å². The normalized spacial score (nSPS) is 11.8. The van der Waals surface area contributed by atoms with Gasteiger partial charge in [0.2, 0.25) is 0 Å². The molecule has 1 rings (SSSR count). The number of hydrogen-bond acceptors (Lipinski definition) is 2. The molecule has 2 nitrogen and oxygen atoms in total. The van der Waals surface area contributed by atoms with E-state index in [2.05, 4.69) is 25.9 Å². The quantitative estimate of drug-likeness (QED) is 0.530. The van der Waals surface area contributed by atoms with Crippen molar-refractivity contribution in [1.82, 2.24) is 9.97 Å². The summed E-state index contributed by atoms with van der Waals surface area (Å²) in [4.78, 5) is 6.60. The van der Waals surface area contributed by atoms with Crippen molar-refractivity contribution in [3.8, 4) is 0 Å². The summed E-state index contributed by atoms with van der Waals surface area (Å²) in [7, 11) is 0. The molecule has 0 atom stereocenters. The molecule has 0 aliphatic carbocycles. The van der Waals surface area contributed by atoms with E-state index in [1.165, 1.54) is 0 Å². The van der Waals surface area contributed by atoms with Gasteiger partial charge in [0.25, 0.3) is 0 Å². The number of aromatic nitrogens is 2. The first-order valence-corrected chi connectivity index (χ1v) is 3.83. The van der Waals surface area contributed by atoms with Gasteiger partial charge in [-0.15, -0.1) is 0 Å². The van der Waals surface area contributed by atoms with E-state index in [1.807, 2.05) is 0 Å². The van der Waals surface area contributed by atoms with Crippen molar-refractivity contribution >= 4 is 27.5 Å². The van der Waals surface area contributed by atoms with Crippen LogP contribution in [0, 0.1) is 0 Å². The fourth-order valence-corrected chi connectivity index (χ4v) is 1.15. The topological polar surface area (TPSA) is 25.8 Å². The highest BCUT2D eigenvalue weighted by molar-refractivity contribution is 9.10. The van der Waals surface area contributed by atoms with Crippen LogP contribution in [-0.2, 0) is 6.18 Å². The third kappa shape index (κ3) is 2.07. The monoisotopic (exact) mass is 260 g/mol. The molecule has 0 N–H and O–H groups in total. The lowest BCUT2D eigenvalue weighted by Crippen LogP contribution is -2.07. The first kappa shape index (κ1) is 9.73. The third-order valence-electron chi connectivity index (χ3n) is 1.02. The van der Waals surface area contributed by atoms with Crippen molar-refractivity contribution in [2.45, 2.75) is 6.18 Å². The third-order valence-corrected chi connectivity index (χ3v) is 1.69. The Morgan fingerprint density at radius 1 is 1.42 bits per heavy atom. The number of nitrogens with zero attached hydrogens (tertiary/aromatic N) is 2. The van der Waals surface area contributed by atoms with Gasteiger partial charge in [-0.05, 0) is 15.9 Å². The lowest BCUT2D eigenvalue weighted by molar-refractivity contribution is -0.138. The second-order valence-electron chi connectivity index (χ2n) is 1.84. The number of hydrogen-bond donors (Lipinski definition) is 0. The second kappa shape index (κ2) is 3.18. The molecule has 0 bridgehead atoms. The van der Waals surface area contributed by atoms with Gasteiger partial charge in [0.15, 0.2) is 4.73 Å². The fraction of sp³-hybridized carbons (Fsp3) is 0.200. The van der Waals surface area contributed by atoms with Crippen LogP contribution >= 0.6 is 27.5 Å². The van der Waals surface area contributed by atoms with Crippen LogP contribution in [0.25, 0.3) is 0 Å². The fourth-order valence-electron chi connectivity index (χ4n) is 0.531. The Morgan fingerprint density at radius 2 is 2.00 bits per heavy atom. The zero-order chi connectivity index (χ0) is 9.35. The molecule has 0 spiro atoms. The minimum atomic E-state index is -4.50. The molecule has 0 amide bonds. The van der Waals surface area contributed by atoms with Gasteiger partial charge in [-0.3, -0.25) is 0 Å². The maximum absolute atomic E-state index is 12.0. The molecular formula is C5HBrClF3N2. The van der Waals surface area contributed by atoms with Crippen LogP contribution in [-0.4, -0.2) is 9.97 Å². The molecule has 66 valence electrons. The molecule has 1 aromatic rings. The Morgan fingerprint density at radius 3 is 2.42 bits per heavy atom. The predicted molar refractivity (Wildman–Crippen MR) is 39.7 cm³/mol. The summed E-state index contributed by atoms with van der Waals surface area (Å²) in [5, 5.41) is -0.607. The molecule has 0 saturated heterocycles. The van der Waals surface area contributed by atoms with Crippen LogP contribution in [0.5, 0.6) is 0 Å². The number of halogens is 5. The van der Waals surface area contributed by atoms with Crippen molar-refractivity contribution in [1.29, 1.82) is 0 Å². The van der Waals surface area contributed by atoms with E-state index in [1.54, 1.807) is 0 Å². The van der Waals surface area contributed by atoms with E-state index in [0.29, 0.717) is 6.20 Å². The van der Waals surface area contributed by atoms with E-state index in [9.17, 15) is 13.2 Å². The van der Waals surface area contributed by atoms with Crippen LogP contribution in [0.1, 0.15) is 5.56 Å². The van der Waals surface area contributed by atoms with E-state index in [-0.39, 0.29) is 4.73 Å². The average molecular weight is 261 g/mol. The summed E-state index contributed by atoms with van der Waals surface area (Å²) in [6, 6.07) is 0. The van der Waals surface area contributed by atoms with Crippen LogP contribution in [0.15, 0.2) is 10.9 Å². The van der Waals surface area contributed by atoms with Crippen LogP contribution in [0.2, 0.25) is 5.15 Å². The summed E-state index contributed by atoms with van der Waals surface area (Å²) >= 11 is 8.00. The summed E-state index contributed by atoms with van der Waals surface area (Å²) < 4.78 is 36.0. The van der Waals surface area contributed by atoms with Gasteiger partial charge in [0, 0.05) is 6.20 Å². The molecule has 1 aromatic heterocycles. The zero-order valence-corrected chi connectivity index (χ0v) is 7.70. The van der Waals surface area contributed by atoms with Gasteiger partial charge in [0.1, 0.15) is 10.7 Å². The Balaban J connectivity index is 3.19. The lowest BCUT2D eigenvalue weighted by atomic mass is 10.3. The highest BCUT2D eigenvalue weighted by Crippen LogP contribution is 2.33. The molecule has 0 aliphatic heterocycles. The zero-order valence-electron chi connectivity index (χ0n) is 5.36. The van der Waals surface area contributed by atoms with Crippen molar-refractivity contribution in [3.05, 3.63) is 21.6 Å². The molecule has 0 unspecified atom stereocenters. The standard InChI is InChI=1S/C5HBrClF3N2/c6-4-11-1-2(3(7)12-4)5(8,9)10/h1H. The Bertz CT molecular complexity index is 301. The highest BCUT2D eigenvalue weighted by atomic mass is 79.9. The minimum absolute atomic E-state index is 0.0282. The van der Waals surface area contributed by atoms with E-state index >= 15 is 0 Å². The van der Waals surface area contributed by atoms with Crippen molar-refractivity contribution in [2.75, 3.05) is 0 Å². The molecule has 0 saturated carbocycles. The molecule has 7 heteroatoms. The van der Waals surface area contributed by atoms with Gasteiger partial charge in [0.05, 0.1) is 0 Å². The maximum Gasteiger partial charge on any atom is 0.420 e. The van der Waals surface area contributed by atoms with Gasteiger partial charge in [-0.25, -0.2) is 9.97 Å². The highest BCUT2D eigenvalue weighted by Gasteiger charge is 2.34. The van der Waals surface area contributed by atoms with E-state index in [4.69, 9.17) is 11.6 Å². The van der Waals surface area contributed by atoms with Gasteiger partial charge < -0.3 is 0 Å². The SMILES string of the molecule is FC(F)(F)c1cnc(Br)nc1Cl. The molecule has 1 heterocycles. The Kier molecular flexibility index (Phi) is 2.58. The summed E-state index contributed by atoms with van der Waals surface area (Å²) in [6.45, 7) is 0. The minimum Gasteiger partial charge on any atom is -0.230 e. The van der Waals surface area contributed by atoms with Gasteiger partial charge >= 0.3 is 6.18 Å². The van der Waals surface area contributed by atoms with Crippen LogP contribution in [0.4, 0.5) is 13.2 Å². The molecule has 0 aliphatic rings. The first-order valence-electron chi connectivity index (χ1n) is 2.66. The largest absolute Gasteiger partial charge is 0.420 e. The summed E-state index contributed by atoms with van der Waals surface area (Å²) in [6.07, 6.45) is -3.88. The van der Waals surface area contributed by atoms with Crippen molar-refractivity contribution in [3.63, 3.8) is 0 Å². The Hall–Kier alpha value is -0.360. The molecule has 12 heavy (non-hydrogen) atoms. The van der Waals surface area contributed by atoms with Crippen LogP contribution in [0.3, 0.4) is 0 Å². The molecular weight excluding hydrogens is 260 g/mol. The number of rotatable bonds is 0. The van der Waals surface area contributed by atoms with Crippen LogP contribution < -0.4 is 0 Å². The molecule has 0 fully saturated rings. The maximum atomic E-state index is 12.0. The van der Waals surface area contributed by atoms with E-state index < -0.39 is 16.9 Å². The van der Waals surface area contributed by atoms with E-state index in [0.717, 1.165) is 0 Å². The average Bonchev–Trinajstić information content (AvgIpc) is 1.83. The predicted octanol–water partition coefficient (Wildman–Crippen LogP) is 2.91. The number of alkyl halides is 3. The molecule has 0 aromatic carbocycles. The summed E-state index contributed by atoms with van der Waals surface area (Å²) in [5.74, 6) is 0. The van der Waals surface area contributed by atoms with Crippen molar-refractivity contribution in [2.24, 2.45) is 0 Å². The lowest BCUT2D eigenvalue weighted by Gasteiger charge is -2.06. The first-order chi connectivity index (χ1) is 5.41. The second-order valence-corrected chi connectivity index (χ2v) is 2.91. The Labute approximate surface area is 78.9 Å². The van der Waals surface area contributed by atoms with Crippen molar-refractivity contribution < 1.29 is 13.2 Å².